The summed E-state index contributed by atoms with van der Waals surface area (Å²) in [5.41, 5.74) is 0.794. The fourth-order valence-corrected chi connectivity index (χ4v) is 0.984. The highest BCUT2D eigenvalue weighted by molar-refractivity contribution is 6.02. The molecular weight excluding hydrogens is 176 g/mol. The van der Waals surface area contributed by atoms with Crippen LogP contribution in [0.5, 0.6) is 0 Å². The van der Waals surface area contributed by atoms with E-state index in [1.54, 1.807) is 7.05 Å². The highest BCUT2D eigenvalue weighted by atomic mass is 15.5. The van der Waals surface area contributed by atoms with Crippen molar-refractivity contribution in [3.05, 3.63) is 43.0 Å². The van der Waals surface area contributed by atoms with Gasteiger partial charge in [0.2, 0.25) is 0 Å². The minimum absolute atomic E-state index is 0.196. The number of amidine groups is 1. The van der Waals surface area contributed by atoms with Crippen molar-refractivity contribution in [1.82, 2.24) is 0 Å². The van der Waals surface area contributed by atoms with Gasteiger partial charge in [0, 0.05) is 0 Å². The van der Waals surface area contributed by atoms with Crippen LogP contribution in [0.1, 0.15) is 0 Å². The number of hydrogen-bond donors (Lipinski definition) is 1. The Kier molecular flexibility index (Phi) is 3.55. The monoisotopic (exact) mass is 188 g/mol. The summed E-state index contributed by atoms with van der Waals surface area (Å²) in [6.45, 7) is 3.52. The lowest BCUT2D eigenvalue weighted by molar-refractivity contribution is 0.969. The third-order valence-corrected chi connectivity index (χ3v) is 1.60. The predicted molar refractivity (Wildman–Crippen MR) is 57.6 cm³/mol. The van der Waals surface area contributed by atoms with E-state index in [1.807, 2.05) is 30.3 Å². The van der Waals surface area contributed by atoms with Crippen LogP contribution in [0.2, 0.25) is 0 Å². The maximum absolute atomic E-state index is 7.59. The van der Waals surface area contributed by atoms with E-state index in [0.717, 1.165) is 5.69 Å². The second-order valence-electron chi connectivity index (χ2n) is 2.53. The predicted octanol–water partition coefficient (Wildman–Crippen LogP) is 2.65. The maximum Gasteiger partial charge on any atom is 0.147 e. The van der Waals surface area contributed by atoms with Crippen molar-refractivity contribution in [1.29, 1.82) is 5.41 Å². The van der Waals surface area contributed by atoms with E-state index in [2.05, 4.69) is 16.9 Å². The lowest BCUT2D eigenvalue weighted by Crippen LogP contribution is -2.21. The minimum atomic E-state index is 0.196. The quantitative estimate of drug-likeness (QED) is 0.337. The summed E-state index contributed by atoms with van der Waals surface area (Å²) in [4.78, 5) is 0. The van der Waals surface area contributed by atoms with Crippen molar-refractivity contribution in [2.45, 2.75) is 0 Å². The first-order valence-electron chi connectivity index (χ1n) is 4.15. The molecule has 0 spiro atoms. The van der Waals surface area contributed by atoms with Crippen molar-refractivity contribution in [2.75, 3.05) is 12.1 Å². The molecule has 0 saturated carbocycles. The first-order chi connectivity index (χ1) is 6.79. The summed E-state index contributed by atoms with van der Waals surface area (Å²) in [5, 5.41) is 16.5. The van der Waals surface area contributed by atoms with Gasteiger partial charge >= 0.3 is 0 Å². The minimum Gasteiger partial charge on any atom is -0.283 e. The van der Waals surface area contributed by atoms with Gasteiger partial charge in [-0.1, -0.05) is 30.0 Å². The van der Waals surface area contributed by atoms with Crippen molar-refractivity contribution in [3.63, 3.8) is 0 Å². The molecule has 0 unspecified atom stereocenters. The van der Waals surface area contributed by atoms with E-state index >= 15 is 0 Å². The van der Waals surface area contributed by atoms with Crippen LogP contribution in [-0.2, 0) is 0 Å². The van der Waals surface area contributed by atoms with E-state index in [4.69, 9.17) is 5.41 Å². The Bertz CT molecular complexity index is 342. The summed E-state index contributed by atoms with van der Waals surface area (Å²) in [7, 11) is 1.56. The standard InChI is InChI=1S/C10H12N4/c1-3-10(11)14(13-12-2)9-7-5-4-6-8-9/h3-8,11H,1H2,2H3. The molecule has 1 N–H and O–H groups in total. The van der Waals surface area contributed by atoms with Crippen LogP contribution in [0.3, 0.4) is 0 Å². The molecule has 4 heteroatoms. The van der Waals surface area contributed by atoms with E-state index < -0.39 is 0 Å². The Morgan fingerprint density at radius 2 is 2.07 bits per heavy atom. The van der Waals surface area contributed by atoms with Gasteiger partial charge in [-0.25, -0.2) is 0 Å². The van der Waals surface area contributed by atoms with Gasteiger partial charge < -0.3 is 0 Å². The summed E-state index contributed by atoms with van der Waals surface area (Å²) in [6.07, 6.45) is 1.42. The highest BCUT2D eigenvalue weighted by Gasteiger charge is 2.06. The van der Waals surface area contributed by atoms with Gasteiger partial charge in [-0.3, -0.25) is 5.41 Å². The molecule has 0 saturated heterocycles. The van der Waals surface area contributed by atoms with E-state index in [1.165, 1.54) is 11.1 Å². The maximum atomic E-state index is 7.59. The van der Waals surface area contributed by atoms with Crippen LogP contribution in [0.15, 0.2) is 53.3 Å². The average Bonchev–Trinajstić information content (AvgIpc) is 2.26. The lowest BCUT2D eigenvalue weighted by Gasteiger charge is -2.15. The second-order valence-corrected chi connectivity index (χ2v) is 2.53. The number of nitrogens with zero attached hydrogens (tertiary/aromatic N) is 3. The molecule has 0 aliphatic heterocycles. The summed E-state index contributed by atoms with van der Waals surface area (Å²) in [5.74, 6) is 0.196. The molecule has 1 aromatic carbocycles. The van der Waals surface area contributed by atoms with Gasteiger partial charge in [0.1, 0.15) is 5.84 Å². The molecule has 0 radical (unpaired) electrons. The van der Waals surface area contributed by atoms with Crippen LogP contribution in [0, 0.1) is 5.41 Å². The molecule has 1 aromatic rings. The average molecular weight is 188 g/mol. The zero-order chi connectivity index (χ0) is 10.4. The molecule has 0 aliphatic carbocycles. The Hall–Kier alpha value is -1.97. The molecular formula is C10H12N4. The van der Waals surface area contributed by atoms with Crippen LogP contribution in [-0.4, -0.2) is 12.9 Å². The van der Waals surface area contributed by atoms with Crippen molar-refractivity contribution < 1.29 is 0 Å². The van der Waals surface area contributed by atoms with Crippen LogP contribution < -0.4 is 5.01 Å². The normalized spacial score (nSPS) is 10.1. The Labute approximate surface area is 83.1 Å². The second kappa shape index (κ2) is 4.91. The van der Waals surface area contributed by atoms with Gasteiger partial charge in [-0.2, -0.15) is 10.1 Å². The zero-order valence-electron chi connectivity index (χ0n) is 8.01. The molecule has 4 nitrogen and oxygen atoms in total. The number of hydrogen-bond acceptors (Lipinski definition) is 3. The molecule has 72 valence electrons. The lowest BCUT2D eigenvalue weighted by atomic mass is 10.3. The molecule has 0 aromatic heterocycles. The van der Waals surface area contributed by atoms with Crippen molar-refractivity contribution >= 4 is 11.5 Å². The number of anilines is 1. The molecule has 0 heterocycles. The summed E-state index contributed by atoms with van der Waals surface area (Å²) >= 11 is 0. The fourth-order valence-electron chi connectivity index (χ4n) is 0.984. The SMILES string of the molecule is C=CC(=N)N(N=NC)c1ccccc1. The van der Waals surface area contributed by atoms with Gasteiger partial charge in [0.05, 0.1) is 12.7 Å². The number of nitrogens with one attached hydrogen (secondary N) is 1. The first-order valence-corrected chi connectivity index (χ1v) is 4.15. The van der Waals surface area contributed by atoms with Crippen LogP contribution in [0.4, 0.5) is 5.69 Å². The Morgan fingerprint density at radius 1 is 1.43 bits per heavy atom. The summed E-state index contributed by atoms with van der Waals surface area (Å²) in [6, 6.07) is 9.37. The third-order valence-electron chi connectivity index (χ3n) is 1.60. The number of rotatable bonds is 3. The van der Waals surface area contributed by atoms with Gasteiger partial charge in [-0.15, -0.1) is 0 Å². The molecule has 0 fully saturated rings. The zero-order valence-corrected chi connectivity index (χ0v) is 8.01. The molecule has 0 atom stereocenters. The number of benzene rings is 1. The van der Waals surface area contributed by atoms with Crippen molar-refractivity contribution in [2.24, 2.45) is 10.3 Å². The largest absolute Gasteiger partial charge is 0.283 e. The van der Waals surface area contributed by atoms with Gasteiger partial charge in [0.15, 0.2) is 0 Å². The van der Waals surface area contributed by atoms with E-state index in [0.29, 0.717) is 0 Å². The molecule has 0 bridgehead atoms. The Balaban J connectivity index is 3.00. The van der Waals surface area contributed by atoms with E-state index in [9.17, 15) is 0 Å². The molecule has 0 amide bonds. The van der Waals surface area contributed by atoms with Crippen LogP contribution >= 0.6 is 0 Å². The van der Waals surface area contributed by atoms with Gasteiger partial charge in [-0.05, 0) is 18.2 Å². The Morgan fingerprint density at radius 3 is 2.57 bits per heavy atom. The molecule has 14 heavy (non-hydrogen) atoms. The molecule has 0 aliphatic rings. The first kappa shape index (κ1) is 10.1. The van der Waals surface area contributed by atoms with E-state index in [-0.39, 0.29) is 5.84 Å². The summed E-state index contributed by atoms with van der Waals surface area (Å²) < 4.78 is 0. The highest BCUT2D eigenvalue weighted by Crippen LogP contribution is 2.14. The number of para-hydroxylation sites is 1. The fraction of sp³-hybridized carbons (Fsp3) is 0.100. The smallest absolute Gasteiger partial charge is 0.147 e. The van der Waals surface area contributed by atoms with Crippen molar-refractivity contribution in [3.8, 4) is 0 Å². The molecule has 1 rings (SSSR count). The third kappa shape index (κ3) is 2.26. The topological polar surface area (TPSA) is 51.8 Å². The van der Waals surface area contributed by atoms with Crippen LogP contribution in [0.25, 0.3) is 0 Å². The van der Waals surface area contributed by atoms with Gasteiger partial charge in [0.25, 0.3) is 0 Å².